The highest BCUT2D eigenvalue weighted by atomic mass is 35.5. The lowest BCUT2D eigenvalue weighted by Crippen LogP contribution is -2.44. The van der Waals surface area contributed by atoms with Gasteiger partial charge in [-0.1, -0.05) is 36.6 Å². The molecule has 1 heterocycles. The number of anilines is 1. The van der Waals surface area contributed by atoms with Gasteiger partial charge in [0.05, 0.1) is 16.1 Å². The molecule has 3 N–H and O–H groups in total. The smallest absolute Gasteiger partial charge is 0.256 e. The van der Waals surface area contributed by atoms with E-state index in [1.54, 1.807) is 36.1 Å². The Morgan fingerprint density at radius 2 is 1.86 bits per heavy atom. The van der Waals surface area contributed by atoms with Gasteiger partial charge in [0.2, 0.25) is 5.91 Å². The maximum absolute atomic E-state index is 13.2. The Morgan fingerprint density at radius 3 is 2.48 bits per heavy atom. The molecule has 0 radical (unpaired) electrons. The van der Waals surface area contributed by atoms with Crippen molar-refractivity contribution in [1.29, 1.82) is 0 Å². The highest BCUT2D eigenvalue weighted by molar-refractivity contribution is 7.16. The summed E-state index contributed by atoms with van der Waals surface area (Å²) in [5.41, 5.74) is 6.95. The number of halogens is 1. The number of hydrogen-bond acceptors (Lipinski definition) is 4. The van der Waals surface area contributed by atoms with Crippen LogP contribution in [0.2, 0.25) is 5.02 Å². The van der Waals surface area contributed by atoms with Crippen LogP contribution in [-0.2, 0) is 4.79 Å². The Morgan fingerprint density at radius 1 is 1.21 bits per heavy atom. The fourth-order valence-corrected chi connectivity index (χ4v) is 5.00. The van der Waals surface area contributed by atoms with Crippen LogP contribution in [0.4, 0.5) is 5.00 Å². The zero-order chi connectivity index (χ0) is 21.1. The van der Waals surface area contributed by atoms with Gasteiger partial charge in [-0.15, -0.1) is 11.3 Å². The van der Waals surface area contributed by atoms with Gasteiger partial charge in [0.25, 0.3) is 11.8 Å². The molecular weight excluding hydrogens is 410 g/mol. The van der Waals surface area contributed by atoms with E-state index in [4.69, 9.17) is 17.3 Å². The number of carbonyl (C=O) groups is 3. The average molecular weight is 434 g/mol. The van der Waals surface area contributed by atoms with Crippen LogP contribution >= 0.6 is 22.9 Å². The molecule has 0 aliphatic heterocycles. The topological polar surface area (TPSA) is 92.5 Å². The molecule has 2 aromatic rings. The first-order valence-corrected chi connectivity index (χ1v) is 10.7. The number of aryl methyl sites for hydroxylation is 1. The number of benzene rings is 1. The van der Waals surface area contributed by atoms with E-state index < -0.39 is 5.91 Å². The molecule has 0 unspecified atom stereocenters. The standard InChI is InChI=1S/C21H24ClN3O3S/c1-12-13(2)29-20(18(12)19(23)27)24-17(26)11-25(14-7-3-4-8-14)21(28)15-9-5-6-10-16(15)22/h5-6,9-10,14H,3-4,7-8,11H2,1-2H3,(H2,23,27)(H,24,26). The molecule has 3 rings (SSSR count). The van der Waals surface area contributed by atoms with E-state index in [2.05, 4.69) is 5.32 Å². The maximum atomic E-state index is 13.2. The Balaban J connectivity index is 1.82. The summed E-state index contributed by atoms with van der Waals surface area (Å²) in [6.07, 6.45) is 3.75. The van der Waals surface area contributed by atoms with Crippen LogP contribution in [-0.4, -0.2) is 35.2 Å². The van der Waals surface area contributed by atoms with E-state index in [0.29, 0.717) is 21.2 Å². The van der Waals surface area contributed by atoms with Crippen molar-refractivity contribution in [2.24, 2.45) is 5.73 Å². The van der Waals surface area contributed by atoms with Gasteiger partial charge in [-0.05, 0) is 44.4 Å². The van der Waals surface area contributed by atoms with Crippen LogP contribution in [0.1, 0.15) is 56.8 Å². The van der Waals surface area contributed by atoms with E-state index in [1.807, 2.05) is 6.92 Å². The number of primary amides is 1. The van der Waals surface area contributed by atoms with Gasteiger partial charge >= 0.3 is 0 Å². The second kappa shape index (κ2) is 8.97. The average Bonchev–Trinajstić information content (AvgIpc) is 3.28. The zero-order valence-corrected chi connectivity index (χ0v) is 18.0. The Bertz CT molecular complexity index is 951. The molecule has 1 aliphatic carbocycles. The molecule has 0 bridgehead atoms. The zero-order valence-electron chi connectivity index (χ0n) is 16.5. The third kappa shape index (κ3) is 4.62. The number of amides is 3. The van der Waals surface area contributed by atoms with Crippen molar-refractivity contribution < 1.29 is 14.4 Å². The van der Waals surface area contributed by atoms with Gasteiger partial charge in [-0.2, -0.15) is 0 Å². The molecule has 0 saturated heterocycles. The van der Waals surface area contributed by atoms with Gasteiger partial charge in [-0.25, -0.2) is 0 Å². The first-order chi connectivity index (χ1) is 13.8. The normalized spacial score (nSPS) is 14.0. The lowest BCUT2D eigenvalue weighted by Gasteiger charge is -2.28. The molecule has 1 aromatic carbocycles. The largest absolute Gasteiger partial charge is 0.365 e. The van der Waals surface area contributed by atoms with E-state index in [9.17, 15) is 14.4 Å². The number of carbonyl (C=O) groups excluding carboxylic acids is 3. The minimum atomic E-state index is -0.582. The van der Waals surface area contributed by atoms with Gasteiger partial charge < -0.3 is 16.0 Å². The summed E-state index contributed by atoms with van der Waals surface area (Å²) in [5.74, 6) is -1.20. The van der Waals surface area contributed by atoms with Crippen LogP contribution in [0.25, 0.3) is 0 Å². The van der Waals surface area contributed by atoms with Crippen molar-refractivity contribution in [3.63, 3.8) is 0 Å². The van der Waals surface area contributed by atoms with Gasteiger partial charge in [-0.3, -0.25) is 14.4 Å². The minimum Gasteiger partial charge on any atom is -0.365 e. The van der Waals surface area contributed by atoms with Crippen molar-refractivity contribution in [2.75, 3.05) is 11.9 Å². The highest BCUT2D eigenvalue weighted by Gasteiger charge is 2.30. The van der Waals surface area contributed by atoms with Gasteiger partial charge in [0, 0.05) is 10.9 Å². The van der Waals surface area contributed by atoms with Crippen LogP contribution in [0.3, 0.4) is 0 Å². The second-order valence-corrected chi connectivity index (χ2v) is 8.88. The van der Waals surface area contributed by atoms with Crippen molar-refractivity contribution >= 4 is 45.7 Å². The molecule has 1 fully saturated rings. The molecule has 6 nitrogen and oxygen atoms in total. The summed E-state index contributed by atoms with van der Waals surface area (Å²) >= 11 is 7.52. The Hall–Kier alpha value is -2.38. The number of hydrogen-bond donors (Lipinski definition) is 2. The second-order valence-electron chi connectivity index (χ2n) is 7.25. The summed E-state index contributed by atoms with van der Waals surface area (Å²) in [5, 5.41) is 3.57. The molecule has 1 aliphatic rings. The summed E-state index contributed by atoms with van der Waals surface area (Å²) in [6, 6.07) is 6.84. The van der Waals surface area contributed by atoms with Crippen molar-refractivity contribution in [2.45, 2.75) is 45.6 Å². The predicted molar refractivity (Wildman–Crippen MR) is 116 cm³/mol. The maximum Gasteiger partial charge on any atom is 0.256 e. The fraction of sp³-hybridized carbons (Fsp3) is 0.381. The minimum absolute atomic E-state index is 0.00746. The van der Waals surface area contributed by atoms with Gasteiger partial charge in [0.15, 0.2) is 0 Å². The van der Waals surface area contributed by atoms with Crippen LogP contribution in [0.15, 0.2) is 24.3 Å². The first kappa shape index (κ1) is 21.3. The molecule has 1 aromatic heterocycles. The predicted octanol–water partition coefficient (Wildman–Crippen LogP) is 4.14. The molecule has 154 valence electrons. The molecule has 0 spiro atoms. The van der Waals surface area contributed by atoms with Crippen molar-refractivity contribution in [3.05, 3.63) is 50.9 Å². The summed E-state index contributed by atoms with van der Waals surface area (Å²) in [6.45, 7) is 3.56. The lowest BCUT2D eigenvalue weighted by molar-refractivity contribution is -0.117. The Kier molecular flexibility index (Phi) is 6.59. The first-order valence-electron chi connectivity index (χ1n) is 9.54. The Labute approximate surface area is 179 Å². The number of nitrogens with two attached hydrogens (primary N) is 1. The van der Waals surface area contributed by atoms with Crippen LogP contribution in [0.5, 0.6) is 0 Å². The molecule has 3 amide bonds. The van der Waals surface area contributed by atoms with Gasteiger partial charge in [0.1, 0.15) is 11.5 Å². The molecule has 0 atom stereocenters. The summed E-state index contributed by atoms with van der Waals surface area (Å²) < 4.78 is 0. The number of rotatable bonds is 6. The van der Waals surface area contributed by atoms with E-state index >= 15 is 0 Å². The lowest BCUT2D eigenvalue weighted by atomic mass is 10.1. The summed E-state index contributed by atoms with van der Waals surface area (Å²) in [4.78, 5) is 40.3. The fourth-order valence-electron chi connectivity index (χ4n) is 3.70. The SMILES string of the molecule is Cc1sc(NC(=O)CN(C(=O)c2ccccc2Cl)C2CCCC2)c(C(N)=O)c1C. The quantitative estimate of drug-likeness (QED) is 0.716. The third-order valence-corrected chi connectivity index (χ3v) is 6.78. The number of nitrogens with zero attached hydrogens (tertiary/aromatic N) is 1. The van der Waals surface area contributed by atoms with Crippen LogP contribution in [0, 0.1) is 13.8 Å². The number of nitrogens with one attached hydrogen (secondary N) is 1. The summed E-state index contributed by atoms with van der Waals surface area (Å²) in [7, 11) is 0. The van der Waals surface area contributed by atoms with E-state index in [-0.39, 0.29) is 24.4 Å². The third-order valence-electron chi connectivity index (χ3n) is 5.33. The van der Waals surface area contributed by atoms with Crippen molar-refractivity contribution in [3.8, 4) is 0 Å². The van der Waals surface area contributed by atoms with E-state index in [0.717, 1.165) is 36.1 Å². The monoisotopic (exact) mass is 433 g/mol. The molecule has 1 saturated carbocycles. The van der Waals surface area contributed by atoms with Crippen LogP contribution < -0.4 is 11.1 Å². The van der Waals surface area contributed by atoms with Crippen molar-refractivity contribution in [1.82, 2.24) is 4.90 Å². The highest BCUT2D eigenvalue weighted by Crippen LogP contribution is 2.32. The molecule has 8 heteroatoms. The number of thiophene rings is 1. The molecular formula is C21H24ClN3O3S. The molecule has 29 heavy (non-hydrogen) atoms. The van der Waals surface area contributed by atoms with E-state index in [1.165, 1.54) is 11.3 Å².